The monoisotopic (exact) mass is 470 g/mol. The third-order valence-corrected chi connectivity index (χ3v) is 4.86. The Morgan fingerprint density at radius 1 is 1.00 bits per heavy atom. The summed E-state index contributed by atoms with van der Waals surface area (Å²) in [6.07, 6.45) is 0.639. The van der Waals surface area contributed by atoms with Crippen LogP contribution in [-0.4, -0.2) is 24.2 Å². The zero-order valence-electron chi connectivity index (χ0n) is 17.3. The van der Waals surface area contributed by atoms with Gasteiger partial charge in [-0.15, -0.1) is 0 Å². The summed E-state index contributed by atoms with van der Waals surface area (Å²) in [4.78, 5) is 24.3. The van der Waals surface area contributed by atoms with Crippen LogP contribution in [0, 0.1) is 6.92 Å². The second-order valence-electron chi connectivity index (χ2n) is 6.89. The van der Waals surface area contributed by atoms with Crippen LogP contribution in [0.2, 0.25) is 10.0 Å². The molecule has 0 bridgehead atoms. The molecule has 8 heteroatoms. The van der Waals surface area contributed by atoms with E-state index in [1.165, 1.54) is 12.3 Å². The van der Waals surface area contributed by atoms with Crippen molar-refractivity contribution in [3.05, 3.63) is 93.5 Å². The van der Waals surface area contributed by atoms with Crippen LogP contribution in [0.25, 0.3) is 0 Å². The quantitative estimate of drug-likeness (QED) is 0.216. The molecule has 0 fully saturated rings. The Morgan fingerprint density at radius 2 is 1.69 bits per heavy atom. The molecule has 6 nitrogen and oxygen atoms in total. The maximum Gasteiger partial charge on any atom is 0.343 e. The number of halogens is 2. The zero-order chi connectivity index (χ0) is 23.1. The van der Waals surface area contributed by atoms with E-state index in [1.807, 2.05) is 19.1 Å². The molecular weight excluding hydrogens is 451 g/mol. The van der Waals surface area contributed by atoms with Gasteiger partial charge in [0.05, 0.1) is 16.8 Å². The van der Waals surface area contributed by atoms with E-state index in [-0.39, 0.29) is 0 Å². The lowest BCUT2D eigenvalue weighted by Gasteiger charge is -2.14. The largest absolute Gasteiger partial charge is 0.479 e. The fourth-order valence-electron chi connectivity index (χ4n) is 2.55. The molecule has 0 spiro atoms. The summed E-state index contributed by atoms with van der Waals surface area (Å²) >= 11 is 11.9. The number of carbonyl (C=O) groups excluding carboxylic acids is 2. The molecule has 0 aliphatic carbocycles. The van der Waals surface area contributed by atoms with Crippen LogP contribution in [0.4, 0.5) is 0 Å². The number of amides is 1. The van der Waals surface area contributed by atoms with Gasteiger partial charge in [0.1, 0.15) is 11.5 Å². The van der Waals surface area contributed by atoms with E-state index in [0.717, 1.165) is 5.56 Å². The number of nitrogens with zero attached hydrogens (tertiary/aromatic N) is 1. The first kappa shape index (κ1) is 23.3. The van der Waals surface area contributed by atoms with E-state index in [0.29, 0.717) is 32.7 Å². The third kappa shape index (κ3) is 6.57. The van der Waals surface area contributed by atoms with Gasteiger partial charge in [-0.05, 0) is 74.0 Å². The SMILES string of the molecule is Cc1ccc(C(=O)Oc2ccc(/C=N/NC(=O)C(C)Oc3ccc(Cl)cc3Cl)cc2)cc1. The van der Waals surface area contributed by atoms with E-state index in [1.54, 1.807) is 55.5 Å². The first-order valence-corrected chi connectivity index (χ1v) is 10.4. The van der Waals surface area contributed by atoms with Crippen molar-refractivity contribution in [2.75, 3.05) is 0 Å². The number of aryl methyl sites for hydroxylation is 1. The second-order valence-corrected chi connectivity index (χ2v) is 7.74. The third-order valence-electron chi connectivity index (χ3n) is 4.33. The summed E-state index contributed by atoms with van der Waals surface area (Å²) in [5, 5.41) is 4.70. The van der Waals surface area contributed by atoms with Gasteiger partial charge in [0.2, 0.25) is 0 Å². The summed E-state index contributed by atoms with van der Waals surface area (Å²) in [5.41, 5.74) is 4.64. The summed E-state index contributed by atoms with van der Waals surface area (Å²) in [6.45, 7) is 3.52. The van der Waals surface area contributed by atoms with Crippen LogP contribution in [0.15, 0.2) is 71.8 Å². The standard InChI is InChI=1S/C24H20Cl2N2O4/c1-15-3-7-18(8-4-15)24(30)32-20-10-5-17(6-11-20)14-27-28-23(29)16(2)31-22-12-9-19(25)13-21(22)26/h3-14,16H,1-2H3,(H,28,29)/b27-14+. The number of hydrogen-bond donors (Lipinski definition) is 1. The minimum absolute atomic E-state index is 0.309. The molecule has 164 valence electrons. The molecule has 1 unspecified atom stereocenters. The Morgan fingerprint density at radius 3 is 2.34 bits per heavy atom. The Bertz CT molecular complexity index is 1130. The molecule has 0 aromatic heterocycles. The fourth-order valence-corrected chi connectivity index (χ4v) is 3.01. The van der Waals surface area contributed by atoms with Crippen LogP contribution < -0.4 is 14.9 Å². The van der Waals surface area contributed by atoms with Crippen LogP contribution >= 0.6 is 23.2 Å². The Hall–Kier alpha value is -3.35. The van der Waals surface area contributed by atoms with Crippen molar-refractivity contribution in [1.82, 2.24) is 5.43 Å². The summed E-state index contributed by atoms with van der Waals surface area (Å²) in [5.74, 6) is -0.138. The maximum atomic E-state index is 12.2. The topological polar surface area (TPSA) is 77.0 Å². The van der Waals surface area contributed by atoms with Crippen molar-refractivity contribution < 1.29 is 19.1 Å². The number of benzene rings is 3. The van der Waals surface area contributed by atoms with E-state index in [4.69, 9.17) is 32.7 Å². The van der Waals surface area contributed by atoms with Crippen molar-refractivity contribution in [3.63, 3.8) is 0 Å². The summed E-state index contributed by atoms with van der Waals surface area (Å²) < 4.78 is 10.9. The summed E-state index contributed by atoms with van der Waals surface area (Å²) in [7, 11) is 0. The molecule has 3 aromatic carbocycles. The molecule has 0 aliphatic heterocycles. The highest BCUT2D eigenvalue weighted by Crippen LogP contribution is 2.28. The molecule has 32 heavy (non-hydrogen) atoms. The van der Waals surface area contributed by atoms with Crippen molar-refractivity contribution >= 4 is 41.3 Å². The normalized spacial score (nSPS) is 11.8. The number of ether oxygens (including phenoxy) is 2. The lowest BCUT2D eigenvalue weighted by molar-refractivity contribution is -0.127. The lowest BCUT2D eigenvalue weighted by atomic mass is 10.1. The number of hydrazone groups is 1. The molecule has 1 atom stereocenters. The smallest absolute Gasteiger partial charge is 0.343 e. The average Bonchev–Trinajstić information content (AvgIpc) is 2.77. The highest BCUT2D eigenvalue weighted by atomic mass is 35.5. The highest BCUT2D eigenvalue weighted by Gasteiger charge is 2.15. The van der Waals surface area contributed by atoms with Gasteiger partial charge in [-0.1, -0.05) is 40.9 Å². The van der Waals surface area contributed by atoms with Crippen molar-refractivity contribution in [1.29, 1.82) is 0 Å². The average molecular weight is 471 g/mol. The molecule has 0 aliphatic rings. The fraction of sp³-hybridized carbons (Fsp3) is 0.125. The number of nitrogens with one attached hydrogen (secondary N) is 1. The van der Waals surface area contributed by atoms with Gasteiger partial charge < -0.3 is 9.47 Å². The number of rotatable bonds is 7. The Labute approximate surface area is 195 Å². The first-order chi connectivity index (χ1) is 15.3. The van der Waals surface area contributed by atoms with Crippen LogP contribution in [-0.2, 0) is 4.79 Å². The van der Waals surface area contributed by atoms with Gasteiger partial charge in [0, 0.05) is 5.02 Å². The molecule has 3 rings (SSSR count). The number of esters is 1. The number of carbonyl (C=O) groups is 2. The predicted molar refractivity (Wildman–Crippen MR) is 125 cm³/mol. The lowest BCUT2D eigenvalue weighted by Crippen LogP contribution is -2.33. The van der Waals surface area contributed by atoms with Gasteiger partial charge in [0.15, 0.2) is 6.10 Å². The van der Waals surface area contributed by atoms with Gasteiger partial charge in [-0.3, -0.25) is 4.79 Å². The van der Waals surface area contributed by atoms with Gasteiger partial charge in [-0.2, -0.15) is 5.10 Å². The second kappa shape index (κ2) is 10.8. The highest BCUT2D eigenvalue weighted by molar-refractivity contribution is 6.35. The number of hydrogen-bond acceptors (Lipinski definition) is 5. The van der Waals surface area contributed by atoms with E-state index in [9.17, 15) is 9.59 Å². The summed E-state index contributed by atoms with van der Waals surface area (Å²) in [6, 6.07) is 18.6. The van der Waals surface area contributed by atoms with Gasteiger partial charge >= 0.3 is 5.97 Å². The van der Waals surface area contributed by atoms with E-state index < -0.39 is 18.0 Å². The van der Waals surface area contributed by atoms with E-state index >= 15 is 0 Å². The van der Waals surface area contributed by atoms with Crippen molar-refractivity contribution in [2.24, 2.45) is 5.10 Å². The zero-order valence-corrected chi connectivity index (χ0v) is 18.9. The Balaban J connectivity index is 1.51. The van der Waals surface area contributed by atoms with Crippen LogP contribution in [0.3, 0.4) is 0 Å². The Kier molecular flexibility index (Phi) is 7.87. The van der Waals surface area contributed by atoms with Crippen molar-refractivity contribution in [3.8, 4) is 11.5 Å². The molecule has 0 heterocycles. The molecule has 0 radical (unpaired) electrons. The maximum absolute atomic E-state index is 12.2. The molecular formula is C24H20Cl2N2O4. The molecule has 1 N–H and O–H groups in total. The van der Waals surface area contributed by atoms with Crippen LogP contribution in [0.5, 0.6) is 11.5 Å². The van der Waals surface area contributed by atoms with Gasteiger partial charge in [0.25, 0.3) is 5.91 Å². The molecule has 3 aromatic rings. The van der Waals surface area contributed by atoms with E-state index in [2.05, 4.69) is 10.5 Å². The first-order valence-electron chi connectivity index (χ1n) is 9.65. The predicted octanol–water partition coefficient (Wildman–Crippen LogP) is 5.44. The molecule has 0 saturated heterocycles. The van der Waals surface area contributed by atoms with Crippen molar-refractivity contribution in [2.45, 2.75) is 20.0 Å². The van der Waals surface area contributed by atoms with Gasteiger partial charge in [-0.25, -0.2) is 10.2 Å². The molecule has 1 amide bonds. The minimum atomic E-state index is -0.825. The minimum Gasteiger partial charge on any atom is -0.479 e. The van der Waals surface area contributed by atoms with Crippen LogP contribution in [0.1, 0.15) is 28.4 Å². The molecule has 0 saturated carbocycles.